The molecule has 1 N–H and O–H groups in total. The number of allylic oxidation sites excluding steroid dienone is 1. The third kappa shape index (κ3) is 6.32. The fourth-order valence-corrected chi connectivity index (χ4v) is 2.93. The number of carbonyl (C=O) groups is 1. The highest BCUT2D eigenvalue weighted by Gasteiger charge is 2.42. The van der Waals surface area contributed by atoms with Gasteiger partial charge in [-0.25, -0.2) is 9.78 Å². The molecule has 0 aromatic carbocycles. The monoisotopic (exact) mass is 374 g/mol. The van der Waals surface area contributed by atoms with E-state index in [1.807, 2.05) is 26.0 Å². The molecule has 0 amide bonds. The predicted octanol–water partition coefficient (Wildman–Crippen LogP) is 2.76. The molecule has 1 heterocycles. The summed E-state index contributed by atoms with van der Waals surface area (Å²) < 4.78 is 15.6. The van der Waals surface area contributed by atoms with Crippen LogP contribution in [0.1, 0.15) is 52.9 Å². The molecule has 5 atom stereocenters. The summed E-state index contributed by atoms with van der Waals surface area (Å²) >= 11 is 0. The highest BCUT2D eigenvalue weighted by molar-refractivity contribution is 5.69. The highest BCUT2D eigenvalue weighted by atomic mass is 17.2. The van der Waals surface area contributed by atoms with Crippen molar-refractivity contribution in [1.29, 1.82) is 0 Å². The quantitative estimate of drug-likeness (QED) is 0.272. The van der Waals surface area contributed by atoms with Crippen LogP contribution >= 0.6 is 0 Å². The van der Waals surface area contributed by atoms with Gasteiger partial charge in [0.2, 0.25) is 5.79 Å². The van der Waals surface area contributed by atoms with Crippen LogP contribution < -0.4 is 0 Å². The first-order valence-electron chi connectivity index (χ1n) is 9.09. The fraction of sp³-hybridized carbons (Fsp3) is 0.842. The van der Waals surface area contributed by atoms with Gasteiger partial charge in [-0.1, -0.05) is 19.1 Å². The van der Waals surface area contributed by atoms with Crippen molar-refractivity contribution in [3.63, 3.8) is 0 Å². The summed E-state index contributed by atoms with van der Waals surface area (Å²) in [5.74, 6) is -1.03. The molecule has 0 radical (unpaired) electrons. The molecule has 0 bridgehead atoms. The Morgan fingerprint density at radius 3 is 2.62 bits per heavy atom. The minimum atomic E-state index is -0.811. The summed E-state index contributed by atoms with van der Waals surface area (Å²) in [5, 5.41) is 9.78. The van der Waals surface area contributed by atoms with Gasteiger partial charge >= 0.3 is 5.97 Å². The summed E-state index contributed by atoms with van der Waals surface area (Å²) in [6.45, 7) is 5.55. The zero-order valence-corrected chi connectivity index (χ0v) is 16.8. The Kier molecular flexibility index (Phi) is 9.19. The van der Waals surface area contributed by atoms with Gasteiger partial charge in [0.1, 0.15) is 11.7 Å². The molecular weight excluding hydrogens is 340 g/mol. The van der Waals surface area contributed by atoms with Gasteiger partial charge in [-0.15, -0.1) is 0 Å². The van der Waals surface area contributed by atoms with E-state index < -0.39 is 17.5 Å². The van der Waals surface area contributed by atoms with Crippen molar-refractivity contribution in [3.05, 3.63) is 12.2 Å². The van der Waals surface area contributed by atoms with Crippen LogP contribution in [0.25, 0.3) is 0 Å². The first-order chi connectivity index (χ1) is 12.2. The molecule has 1 rings (SSSR count). The number of hydrogen-bond donors (Lipinski definition) is 1. The molecule has 0 aliphatic carbocycles. The van der Waals surface area contributed by atoms with E-state index in [4.69, 9.17) is 19.2 Å². The van der Waals surface area contributed by atoms with Crippen LogP contribution in [0.2, 0.25) is 0 Å². The number of aliphatic hydroxyl groups excluding tert-OH is 1. The summed E-state index contributed by atoms with van der Waals surface area (Å²) in [5.41, 5.74) is -0.695. The van der Waals surface area contributed by atoms with E-state index in [-0.39, 0.29) is 24.4 Å². The second kappa shape index (κ2) is 10.4. The van der Waals surface area contributed by atoms with Crippen molar-refractivity contribution in [2.45, 2.75) is 76.5 Å². The number of methoxy groups -OCH3 is 3. The Morgan fingerprint density at radius 1 is 1.42 bits per heavy atom. The van der Waals surface area contributed by atoms with Gasteiger partial charge in [-0.05, 0) is 32.6 Å². The third-order valence-corrected chi connectivity index (χ3v) is 5.21. The molecule has 1 aliphatic heterocycles. The van der Waals surface area contributed by atoms with Gasteiger partial charge in [0.05, 0.1) is 19.6 Å². The summed E-state index contributed by atoms with van der Waals surface area (Å²) in [4.78, 5) is 22.4. The molecule has 2 unspecified atom stereocenters. The van der Waals surface area contributed by atoms with E-state index in [0.29, 0.717) is 12.8 Å². The van der Waals surface area contributed by atoms with Crippen LogP contribution in [0.5, 0.6) is 0 Å². The van der Waals surface area contributed by atoms with Crippen molar-refractivity contribution in [1.82, 2.24) is 0 Å². The zero-order chi connectivity index (χ0) is 19.8. The number of ether oxygens (including phenoxy) is 3. The van der Waals surface area contributed by atoms with E-state index in [9.17, 15) is 9.90 Å². The second-order valence-corrected chi connectivity index (χ2v) is 7.15. The average Bonchev–Trinajstić information content (AvgIpc) is 2.63. The van der Waals surface area contributed by atoms with E-state index in [2.05, 4.69) is 4.74 Å². The molecule has 1 fully saturated rings. The lowest BCUT2D eigenvalue weighted by Gasteiger charge is -2.40. The molecule has 7 nitrogen and oxygen atoms in total. The fourth-order valence-electron chi connectivity index (χ4n) is 2.93. The van der Waals surface area contributed by atoms with Crippen LogP contribution in [-0.2, 0) is 28.8 Å². The third-order valence-electron chi connectivity index (χ3n) is 5.21. The molecule has 1 saturated heterocycles. The predicted molar refractivity (Wildman–Crippen MR) is 96.2 cm³/mol. The summed E-state index contributed by atoms with van der Waals surface area (Å²) in [6, 6.07) is 0. The van der Waals surface area contributed by atoms with Crippen LogP contribution in [0.15, 0.2) is 12.2 Å². The highest BCUT2D eigenvalue weighted by Crippen LogP contribution is 2.36. The maximum Gasteiger partial charge on any atom is 0.308 e. The Labute approximate surface area is 156 Å². The van der Waals surface area contributed by atoms with Crippen molar-refractivity contribution in [3.8, 4) is 0 Å². The van der Waals surface area contributed by atoms with E-state index >= 15 is 0 Å². The molecule has 1 aliphatic rings. The summed E-state index contributed by atoms with van der Waals surface area (Å²) in [6.07, 6.45) is 6.00. The van der Waals surface area contributed by atoms with Crippen LogP contribution in [0.3, 0.4) is 0 Å². The molecule has 26 heavy (non-hydrogen) atoms. The number of rotatable bonds is 10. The molecule has 0 spiro atoms. The van der Waals surface area contributed by atoms with E-state index in [1.165, 1.54) is 7.11 Å². The van der Waals surface area contributed by atoms with Gasteiger partial charge in [0, 0.05) is 27.1 Å². The second-order valence-electron chi connectivity index (χ2n) is 7.15. The Hall–Kier alpha value is -0.990. The molecule has 0 saturated carbocycles. The Morgan fingerprint density at radius 2 is 2.12 bits per heavy atom. The van der Waals surface area contributed by atoms with Crippen LogP contribution in [0.4, 0.5) is 0 Å². The lowest BCUT2D eigenvalue weighted by molar-refractivity contribution is -0.475. The van der Waals surface area contributed by atoms with Gasteiger partial charge in [0.15, 0.2) is 0 Å². The average molecular weight is 374 g/mol. The molecule has 0 aromatic heterocycles. The van der Waals surface area contributed by atoms with Crippen molar-refractivity contribution >= 4 is 5.97 Å². The van der Waals surface area contributed by atoms with Gasteiger partial charge in [-0.3, -0.25) is 4.79 Å². The standard InChI is InChI=1S/C19H34O7/c1-14-13-19(24-6,26-25-16(14)12-17(21)22-4)11-9-7-8-10-18(3,23-5)15(2)20/h8,10,14-16,20H,7,9,11-13H2,1-6H3/b10-8+/t14-,15?,16-,18?,19+/m0/s1. The van der Waals surface area contributed by atoms with E-state index in [0.717, 1.165) is 12.8 Å². The minimum Gasteiger partial charge on any atom is -0.469 e. The van der Waals surface area contributed by atoms with Crippen LogP contribution in [0, 0.1) is 5.92 Å². The maximum atomic E-state index is 11.4. The van der Waals surface area contributed by atoms with Crippen molar-refractivity contribution < 1.29 is 33.9 Å². The van der Waals surface area contributed by atoms with Crippen LogP contribution in [-0.4, -0.2) is 56.0 Å². The van der Waals surface area contributed by atoms with Gasteiger partial charge in [0.25, 0.3) is 0 Å². The smallest absolute Gasteiger partial charge is 0.308 e. The number of carbonyl (C=O) groups excluding carboxylic acids is 1. The number of unbranched alkanes of at least 4 members (excludes halogenated alkanes) is 1. The topological polar surface area (TPSA) is 83.5 Å². The number of hydrogen-bond acceptors (Lipinski definition) is 7. The van der Waals surface area contributed by atoms with Gasteiger partial charge in [-0.2, -0.15) is 0 Å². The van der Waals surface area contributed by atoms with E-state index in [1.54, 1.807) is 21.1 Å². The SMILES string of the molecule is COC(=O)C[C@@H]1OO[C@@](CCC/C=C/C(C)(OC)C(C)O)(OC)C[C@@H]1C. The molecule has 152 valence electrons. The van der Waals surface area contributed by atoms with Crippen molar-refractivity contribution in [2.75, 3.05) is 21.3 Å². The first-order valence-corrected chi connectivity index (χ1v) is 9.09. The Bertz CT molecular complexity index is 465. The number of esters is 1. The lowest BCUT2D eigenvalue weighted by atomic mass is 9.90. The zero-order valence-electron chi connectivity index (χ0n) is 16.8. The molecule has 0 aromatic rings. The lowest BCUT2D eigenvalue weighted by Crippen LogP contribution is -2.46. The minimum absolute atomic E-state index is 0.102. The largest absolute Gasteiger partial charge is 0.469 e. The first kappa shape index (κ1) is 23.0. The van der Waals surface area contributed by atoms with Gasteiger partial charge < -0.3 is 19.3 Å². The molecular formula is C19H34O7. The molecule has 7 heteroatoms. The Balaban J connectivity index is 2.51. The summed E-state index contributed by atoms with van der Waals surface area (Å²) in [7, 11) is 4.54. The maximum absolute atomic E-state index is 11.4. The van der Waals surface area contributed by atoms with Crippen molar-refractivity contribution in [2.24, 2.45) is 5.92 Å². The normalized spacial score (nSPS) is 30.1. The number of aliphatic hydroxyl groups is 1.